The summed E-state index contributed by atoms with van der Waals surface area (Å²) in [5, 5.41) is 2.42. The quantitative estimate of drug-likeness (QED) is 0.581. The van der Waals surface area contributed by atoms with Crippen molar-refractivity contribution >= 4 is 11.9 Å². The molecule has 0 saturated carbocycles. The van der Waals surface area contributed by atoms with Crippen LogP contribution in [0.25, 0.3) is 0 Å². The lowest BCUT2D eigenvalue weighted by Gasteiger charge is -2.47. The summed E-state index contributed by atoms with van der Waals surface area (Å²) in [7, 11) is 0. The molecule has 0 spiro atoms. The summed E-state index contributed by atoms with van der Waals surface area (Å²) in [4.78, 5) is 32.7. The lowest BCUT2D eigenvalue weighted by Crippen LogP contribution is -2.68. The number of amides is 3. The highest BCUT2D eigenvalue weighted by atomic mass is 19.4. The molecule has 16 heteroatoms. The number of piperazine rings is 1. The Kier molecular flexibility index (Phi) is 7.01. The van der Waals surface area contributed by atoms with Crippen molar-refractivity contribution in [2.45, 2.75) is 30.7 Å². The first-order valence-corrected chi connectivity index (χ1v) is 9.99. The summed E-state index contributed by atoms with van der Waals surface area (Å²) in [5.74, 6) is -6.93. The number of carbonyl (C=O) groups excluding carboxylic acids is 2. The zero-order chi connectivity index (χ0) is 27.1. The Morgan fingerprint density at radius 2 is 1.89 bits per heavy atom. The Morgan fingerprint density at radius 3 is 2.44 bits per heavy atom. The Morgan fingerprint density at radius 1 is 1.22 bits per heavy atom. The van der Waals surface area contributed by atoms with Gasteiger partial charge in [0.1, 0.15) is 5.54 Å². The van der Waals surface area contributed by atoms with Crippen LogP contribution in [0.4, 0.5) is 39.9 Å². The molecule has 1 fully saturated rings. The molecule has 0 radical (unpaired) electrons. The van der Waals surface area contributed by atoms with Crippen LogP contribution in [0.1, 0.15) is 29.8 Å². The van der Waals surface area contributed by atoms with Crippen molar-refractivity contribution in [1.82, 2.24) is 20.2 Å². The standard InChI is InChI=1S/C20H17F8N5O3/c1-18(16(34)30-4-5-33(18)17(29)35)13(12-3-2-10(21)14(32-12)20(26,27)28)9-6-11(22)15(31-7-9)36-8-19(23,24)25/h2-3,6-7,13H,4-5,8H2,1H3,(H2,29,35)(H,30,34)/t13-,18?/m0/s1. The Labute approximate surface area is 197 Å². The summed E-state index contributed by atoms with van der Waals surface area (Å²) in [6.07, 6.45) is -9.34. The minimum absolute atomic E-state index is 0.0778. The van der Waals surface area contributed by atoms with Crippen LogP contribution in [-0.4, -0.2) is 58.2 Å². The van der Waals surface area contributed by atoms with E-state index in [1.165, 1.54) is 0 Å². The first-order chi connectivity index (χ1) is 16.6. The first kappa shape index (κ1) is 26.9. The van der Waals surface area contributed by atoms with E-state index in [0.29, 0.717) is 12.1 Å². The molecule has 1 aliphatic rings. The van der Waals surface area contributed by atoms with Crippen molar-refractivity contribution in [3.63, 3.8) is 0 Å². The molecule has 196 valence electrons. The maximum absolute atomic E-state index is 14.7. The third-order valence-corrected chi connectivity index (χ3v) is 5.44. The van der Waals surface area contributed by atoms with Crippen molar-refractivity contribution < 1.29 is 49.4 Å². The highest BCUT2D eigenvalue weighted by Gasteiger charge is 2.52. The molecule has 0 aromatic carbocycles. The molecule has 36 heavy (non-hydrogen) atoms. The SMILES string of the molecule is CC1([C@@H](c2cnc(OCC(F)(F)F)c(F)c2)c2ccc(F)c(C(F)(F)F)n2)C(=O)NCCN1C(N)=O. The van der Waals surface area contributed by atoms with Crippen LogP contribution in [0, 0.1) is 11.6 Å². The van der Waals surface area contributed by atoms with Crippen molar-refractivity contribution in [2.24, 2.45) is 5.73 Å². The smallest absolute Gasteiger partial charge is 0.436 e. The topological polar surface area (TPSA) is 110 Å². The summed E-state index contributed by atoms with van der Waals surface area (Å²) in [6.45, 7) is -1.05. The van der Waals surface area contributed by atoms with Gasteiger partial charge in [-0.2, -0.15) is 26.3 Å². The van der Waals surface area contributed by atoms with E-state index in [1.807, 2.05) is 0 Å². The number of nitrogens with one attached hydrogen (secondary N) is 1. The van der Waals surface area contributed by atoms with Gasteiger partial charge in [0, 0.05) is 19.3 Å². The van der Waals surface area contributed by atoms with Gasteiger partial charge in [0.2, 0.25) is 5.91 Å². The van der Waals surface area contributed by atoms with E-state index in [9.17, 15) is 44.7 Å². The molecule has 3 rings (SSSR count). The van der Waals surface area contributed by atoms with Crippen LogP contribution in [0.5, 0.6) is 5.88 Å². The second kappa shape index (κ2) is 9.39. The van der Waals surface area contributed by atoms with Crippen LogP contribution < -0.4 is 15.8 Å². The van der Waals surface area contributed by atoms with E-state index < -0.39 is 71.3 Å². The zero-order valence-electron chi connectivity index (χ0n) is 18.2. The molecular weight excluding hydrogens is 510 g/mol. The minimum Gasteiger partial charge on any atom is -0.466 e. The Balaban J connectivity index is 2.22. The maximum atomic E-state index is 14.7. The van der Waals surface area contributed by atoms with E-state index >= 15 is 0 Å². The van der Waals surface area contributed by atoms with E-state index in [4.69, 9.17) is 5.73 Å². The van der Waals surface area contributed by atoms with E-state index in [0.717, 1.165) is 24.1 Å². The molecular formula is C20H17F8N5O3. The molecule has 3 N–H and O–H groups in total. The second-order valence-corrected chi connectivity index (χ2v) is 7.85. The third kappa shape index (κ3) is 5.26. The van der Waals surface area contributed by atoms with E-state index in [1.54, 1.807) is 0 Å². The maximum Gasteiger partial charge on any atom is 0.436 e. The molecule has 3 amide bonds. The molecule has 0 aliphatic carbocycles. The number of alkyl halides is 6. The average molecular weight is 527 g/mol. The highest BCUT2D eigenvalue weighted by molar-refractivity contribution is 5.93. The van der Waals surface area contributed by atoms with Gasteiger partial charge in [0.05, 0.1) is 11.6 Å². The van der Waals surface area contributed by atoms with Crippen LogP contribution in [0.2, 0.25) is 0 Å². The number of carbonyl (C=O) groups is 2. The summed E-state index contributed by atoms with van der Waals surface area (Å²) in [5.41, 5.74) is 0.289. The van der Waals surface area contributed by atoms with Crippen LogP contribution >= 0.6 is 0 Å². The Bertz CT molecular complexity index is 1170. The summed E-state index contributed by atoms with van der Waals surface area (Å²) >= 11 is 0. The lowest BCUT2D eigenvalue weighted by molar-refractivity contribution is -0.154. The molecule has 3 heterocycles. The second-order valence-electron chi connectivity index (χ2n) is 7.85. The fourth-order valence-corrected chi connectivity index (χ4v) is 3.90. The number of rotatable bonds is 5. The number of aromatic nitrogens is 2. The third-order valence-electron chi connectivity index (χ3n) is 5.44. The molecule has 2 aromatic rings. The molecule has 1 unspecified atom stereocenters. The molecule has 2 atom stereocenters. The van der Waals surface area contributed by atoms with Gasteiger partial charge in [-0.1, -0.05) is 0 Å². The predicted molar refractivity (Wildman–Crippen MR) is 104 cm³/mol. The normalized spacial score (nSPS) is 19.6. The first-order valence-electron chi connectivity index (χ1n) is 9.99. The van der Waals surface area contributed by atoms with Crippen LogP contribution in [0.15, 0.2) is 24.4 Å². The number of ether oxygens (including phenoxy) is 1. The Hall–Kier alpha value is -3.72. The van der Waals surface area contributed by atoms with Gasteiger partial charge in [0.15, 0.2) is 23.9 Å². The number of halogens is 8. The lowest BCUT2D eigenvalue weighted by atomic mass is 9.75. The van der Waals surface area contributed by atoms with E-state index in [-0.39, 0.29) is 18.7 Å². The minimum atomic E-state index is -5.26. The number of primary amides is 1. The van der Waals surface area contributed by atoms with Gasteiger partial charge in [-0.3, -0.25) is 4.79 Å². The van der Waals surface area contributed by atoms with E-state index in [2.05, 4.69) is 20.0 Å². The molecule has 2 aromatic heterocycles. The number of urea groups is 1. The summed E-state index contributed by atoms with van der Waals surface area (Å²) < 4.78 is 110. The average Bonchev–Trinajstić information content (AvgIpc) is 2.74. The van der Waals surface area contributed by atoms with Crippen molar-refractivity contribution in [3.8, 4) is 5.88 Å². The van der Waals surface area contributed by atoms with Crippen molar-refractivity contribution in [1.29, 1.82) is 0 Å². The van der Waals surface area contributed by atoms with Gasteiger partial charge in [-0.25, -0.2) is 23.5 Å². The van der Waals surface area contributed by atoms with Crippen molar-refractivity contribution in [3.05, 3.63) is 53.0 Å². The number of nitrogens with zero attached hydrogens (tertiary/aromatic N) is 3. The van der Waals surface area contributed by atoms with Crippen molar-refractivity contribution in [2.75, 3.05) is 19.7 Å². The fraction of sp³-hybridized carbons (Fsp3) is 0.400. The number of hydrogen-bond acceptors (Lipinski definition) is 5. The zero-order valence-corrected chi connectivity index (χ0v) is 18.2. The highest BCUT2D eigenvalue weighted by Crippen LogP contribution is 2.41. The molecule has 1 aliphatic heterocycles. The van der Waals surface area contributed by atoms with Crippen LogP contribution in [-0.2, 0) is 11.0 Å². The fourth-order valence-electron chi connectivity index (χ4n) is 3.90. The van der Waals surface area contributed by atoms with Gasteiger partial charge in [0.25, 0.3) is 5.88 Å². The number of hydrogen-bond donors (Lipinski definition) is 2. The number of pyridine rings is 2. The molecule has 1 saturated heterocycles. The number of nitrogens with two attached hydrogens (primary N) is 1. The van der Waals surface area contributed by atoms with Gasteiger partial charge < -0.3 is 20.7 Å². The monoisotopic (exact) mass is 527 g/mol. The van der Waals surface area contributed by atoms with Gasteiger partial charge in [-0.15, -0.1) is 0 Å². The largest absolute Gasteiger partial charge is 0.466 e. The molecule has 0 bridgehead atoms. The predicted octanol–water partition coefficient (Wildman–Crippen LogP) is 3.12. The van der Waals surface area contributed by atoms with Crippen LogP contribution in [0.3, 0.4) is 0 Å². The summed E-state index contributed by atoms with van der Waals surface area (Å²) in [6, 6.07) is 0.609. The molecule has 8 nitrogen and oxygen atoms in total. The van der Waals surface area contributed by atoms with Gasteiger partial charge in [-0.05, 0) is 30.7 Å². The van der Waals surface area contributed by atoms with Gasteiger partial charge >= 0.3 is 18.4 Å².